The highest BCUT2D eigenvalue weighted by atomic mass is 35.5. The minimum Gasteiger partial charge on any atom is -0.354 e. The van der Waals surface area contributed by atoms with Crippen molar-refractivity contribution in [2.24, 2.45) is 0 Å². The van der Waals surface area contributed by atoms with Crippen LogP contribution in [0.4, 0.5) is 17.5 Å². The van der Waals surface area contributed by atoms with Gasteiger partial charge in [0.05, 0.1) is 11.3 Å². The first kappa shape index (κ1) is 16.7. The molecule has 0 saturated carbocycles. The number of para-hydroxylation sites is 1. The first-order chi connectivity index (χ1) is 12.2. The Morgan fingerprint density at radius 2 is 1.96 bits per heavy atom. The topological polar surface area (TPSA) is 73.6 Å². The fourth-order valence-corrected chi connectivity index (χ4v) is 2.57. The van der Waals surface area contributed by atoms with Crippen molar-refractivity contribution < 1.29 is 0 Å². The summed E-state index contributed by atoms with van der Waals surface area (Å²) in [7, 11) is 0. The van der Waals surface area contributed by atoms with E-state index in [2.05, 4.69) is 26.7 Å². The SMILES string of the molecule is N#Cc1ccccc1Nc1ccnc(NCCc2cccc(Cl)c2)n1. The van der Waals surface area contributed by atoms with Crippen LogP contribution in [0.15, 0.2) is 60.8 Å². The van der Waals surface area contributed by atoms with Crippen LogP contribution < -0.4 is 10.6 Å². The van der Waals surface area contributed by atoms with Gasteiger partial charge in [-0.2, -0.15) is 10.2 Å². The summed E-state index contributed by atoms with van der Waals surface area (Å²) in [6, 6.07) is 19.0. The summed E-state index contributed by atoms with van der Waals surface area (Å²) in [5.74, 6) is 1.16. The number of hydrogen-bond donors (Lipinski definition) is 2. The summed E-state index contributed by atoms with van der Waals surface area (Å²) in [5, 5.41) is 16.2. The van der Waals surface area contributed by atoms with Gasteiger partial charge in [0.15, 0.2) is 0 Å². The number of nitriles is 1. The molecule has 0 aliphatic carbocycles. The molecule has 0 radical (unpaired) electrons. The number of anilines is 3. The van der Waals surface area contributed by atoms with Gasteiger partial charge in [-0.05, 0) is 42.3 Å². The van der Waals surface area contributed by atoms with Gasteiger partial charge in [0.25, 0.3) is 0 Å². The predicted octanol–water partition coefficient (Wildman–Crippen LogP) is 4.40. The Bertz CT molecular complexity index is 904. The van der Waals surface area contributed by atoms with Gasteiger partial charge in [-0.15, -0.1) is 0 Å². The molecule has 3 rings (SSSR count). The lowest BCUT2D eigenvalue weighted by Gasteiger charge is -2.09. The maximum absolute atomic E-state index is 9.15. The zero-order valence-corrected chi connectivity index (χ0v) is 14.2. The summed E-state index contributed by atoms with van der Waals surface area (Å²) < 4.78 is 0. The number of rotatable bonds is 6. The molecule has 0 atom stereocenters. The number of hydrogen-bond acceptors (Lipinski definition) is 5. The molecule has 0 aliphatic rings. The Kier molecular flexibility index (Phi) is 5.45. The molecule has 0 bridgehead atoms. The molecule has 1 heterocycles. The smallest absolute Gasteiger partial charge is 0.224 e. The van der Waals surface area contributed by atoms with Crippen LogP contribution in [0, 0.1) is 11.3 Å². The maximum Gasteiger partial charge on any atom is 0.224 e. The summed E-state index contributed by atoms with van der Waals surface area (Å²) in [5.41, 5.74) is 2.43. The zero-order valence-electron chi connectivity index (χ0n) is 13.4. The number of aromatic nitrogens is 2. The van der Waals surface area contributed by atoms with Crippen molar-refractivity contribution in [2.45, 2.75) is 6.42 Å². The van der Waals surface area contributed by atoms with E-state index in [-0.39, 0.29) is 0 Å². The third kappa shape index (κ3) is 4.69. The van der Waals surface area contributed by atoms with E-state index in [0.29, 0.717) is 29.6 Å². The average molecular weight is 350 g/mol. The molecule has 0 aliphatic heterocycles. The molecule has 0 saturated heterocycles. The van der Waals surface area contributed by atoms with E-state index in [9.17, 15) is 0 Å². The summed E-state index contributed by atoms with van der Waals surface area (Å²) in [6.07, 6.45) is 2.49. The van der Waals surface area contributed by atoms with Crippen molar-refractivity contribution in [3.63, 3.8) is 0 Å². The molecule has 6 heteroatoms. The fraction of sp³-hybridized carbons (Fsp3) is 0.105. The number of benzene rings is 2. The van der Waals surface area contributed by atoms with Crippen LogP contribution in [0.25, 0.3) is 0 Å². The van der Waals surface area contributed by atoms with Gasteiger partial charge in [-0.25, -0.2) is 4.98 Å². The molecular weight excluding hydrogens is 334 g/mol. The van der Waals surface area contributed by atoms with Crippen LogP contribution in [0.3, 0.4) is 0 Å². The van der Waals surface area contributed by atoms with Gasteiger partial charge in [0, 0.05) is 17.8 Å². The maximum atomic E-state index is 9.15. The molecule has 0 unspecified atom stereocenters. The molecule has 1 aromatic heterocycles. The van der Waals surface area contributed by atoms with Crippen molar-refractivity contribution in [3.05, 3.63) is 76.9 Å². The second-order valence-corrected chi connectivity index (χ2v) is 5.79. The minimum atomic E-state index is 0.529. The normalized spacial score (nSPS) is 10.1. The Balaban J connectivity index is 1.62. The molecule has 0 amide bonds. The molecule has 3 aromatic rings. The van der Waals surface area contributed by atoms with Gasteiger partial charge in [-0.1, -0.05) is 35.9 Å². The summed E-state index contributed by atoms with van der Waals surface area (Å²) >= 11 is 5.99. The average Bonchev–Trinajstić information content (AvgIpc) is 2.63. The van der Waals surface area contributed by atoms with Gasteiger partial charge in [0.1, 0.15) is 11.9 Å². The lowest BCUT2D eigenvalue weighted by molar-refractivity contribution is 0.985. The Morgan fingerprint density at radius 3 is 2.80 bits per heavy atom. The quantitative estimate of drug-likeness (QED) is 0.690. The zero-order chi connectivity index (χ0) is 17.5. The summed E-state index contributed by atoms with van der Waals surface area (Å²) in [6.45, 7) is 0.693. The Morgan fingerprint density at radius 1 is 1.08 bits per heavy atom. The van der Waals surface area contributed by atoms with Crippen LogP contribution >= 0.6 is 11.6 Å². The molecular formula is C19H16ClN5. The van der Waals surface area contributed by atoms with Gasteiger partial charge in [-0.3, -0.25) is 0 Å². The number of nitrogens with zero attached hydrogens (tertiary/aromatic N) is 3. The third-order valence-corrected chi connectivity index (χ3v) is 3.79. The van der Waals surface area contributed by atoms with Gasteiger partial charge in [0.2, 0.25) is 5.95 Å². The van der Waals surface area contributed by atoms with Crippen LogP contribution in [0.1, 0.15) is 11.1 Å². The molecule has 2 N–H and O–H groups in total. The van der Waals surface area contributed by atoms with E-state index in [4.69, 9.17) is 16.9 Å². The molecule has 0 fully saturated rings. The van der Waals surface area contributed by atoms with E-state index >= 15 is 0 Å². The lowest BCUT2D eigenvalue weighted by Crippen LogP contribution is -2.08. The Labute approximate surface area is 151 Å². The first-order valence-corrected chi connectivity index (χ1v) is 8.20. The van der Waals surface area contributed by atoms with Crippen LogP contribution in [0.5, 0.6) is 0 Å². The van der Waals surface area contributed by atoms with Crippen LogP contribution in [-0.2, 0) is 6.42 Å². The van der Waals surface area contributed by atoms with E-state index in [1.54, 1.807) is 18.3 Å². The van der Waals surface area contributed by atoms with Crippen molar-refractivity contribution in [1.29, 1.82) is 5.26 Å². The minimum absolute atomic E-state index is 0.529. The standard InChI is InChI=1S/C19H16ClN5/c20-16-6-3-4-14(12-16)8-10-22-19-23-11-9-18(25-19)24-17-7-2-1-5-15(17)13-21/h1-7,9,11-12H,8,10H2,(H2,22,23,24,25). The van der Waals surface area contributed by atoms with E-state index in [1.165, 1.54) is 0 Å². The molecule has 25 heavy (non-hydrogen) atoms. The second-order valence-electron chi connectivity index (χ2n) is 5.35. The van der Waals surface area contributed by atoms with E-state index in [0.717, 1.165) is 17.0 Å². The van der Waals surface area contributed by atoms with Crippen molar-refractivity contribution in [3.8, 4) is 6.07 Å². The first-order valence-electron chi connectivity index (χ1n) is 7.82. The molecule has 124 valence electrons. The monoisotopic (exact) mass is 349 g/mol. The van der Waals surface area contributed by atoms with E-state index < -0.39 is 0 Å². The Hall–Kier alpha value is -3.10. The highest BCUT2D eigenvalue weighted by Gasteiger charge is 2.04. The largest absolute Gasteiger partial charge is 0.354 e. The van der Waals surface area contributed by atoms with Crippen molar-refractivity contribution in [1.82, 2.24) is 9.97 Å². The molecule has 2 aromatic carbocycles. The predicted molar refractivity (Wildman–Crippen MR) is 100 cm³/mol. The number of nitrogens with one attached hydrogen (secondary N) is 2. The number of halogens is 1. The molecule has 0 spiro atoms. The third-order valence-electron chi connectivity index (χ3n) is 3.55. The summed E-state index contributed by atoms with van der Waals surface area (Å²) in [4.78, 5) is 8.64. The van der Waals surface area contributed by atoms with Crippen molar-refractivity contribution in [2.75, 3.05) is 17.2 Å². The van der Waals surface area contributed by atoms with Gasteiger partial charge >= 0.3 is 0 Å². The second kappa shape index (κ2) is 8.13. The highest BCUT2D eigenvalue weighted by molar-refractivity contribution is 6.30. The lowest BCUT2D eigenvalue weighted by atomic mass is 10.1. The highest BCUT2D eigenvalue weighted by Crippen LogP contribution is 2.19. The van der Waals surface area contributed by atoms with Gasteiger partial charge < -0.3 is 10.6 Å². The van der Waals surface area contributed by atoms with E-state index in [1.807, 2.05) is 42.5 Å². The fourth-order valence-electron chi connectivity index (χ4n) is 2.35. The molecule has 5 nitrogen and oxygen atoms in total. The van der Waals surface area contributed by atoms with Crippen LogP contribution in [0.2, 0.25) is 5.02 Å². The van der Waals surface area contributed by atoms with Crippen molar-refractivity contribution >= 4 is 29.1 Å². The van der Waals surface area contributed by atoms with Crippen LogP contribution in [-0.4, -0.2) is 16.5 Å².